The van der Waals surface area contributed by atoms with Crippen LogP contribution in [0, 0.1) is 5.92 Å². The van der Waals surface area contributed by atoms with E-state index in [1.165, 1.54) is 18.4 Å². The van der Waals surface area contributed by atoms with Crippen molar-refractivity contribution in [2.45, 2.75) is 51.2 Å². The minimum atomic E-state index is -0.0207. The number of hydrogen-bond acceptors (Lipinski definition) is 2. The van der Waals surface area contributed by atoms with E-state index >= 15 is 0 Å². The minimum absolute atomic E-state index is 0.0207. The second-order valence-corrected chi connectivity index (χ2v) is 5.02. The number of rotatable bonds is 4. The van der Waals surface area contributed by atoms with Crippen LogP contribution in [0.25, 0.3) is 0 Å². The van der Waals surface area contributed by atoms with Gasteiger partial charge in [0, 0.05) is 7.11 Å². The highest BCUT2D eigenvalue weighted by Gasteiger charge is 2.41. The molecule has 0 aromatic heterocycles. The summed E-state index contributed by atoms with van der Waals surface area (Å²) in [6.07, 6.45) is 4.81. The lowest BCUT2D eigenvalue weighted by molar-refractivity contribution is -0.0646. The molecule has 2 nitrogen and oxygen atoms in total. The number of ether oxygens (including phenoxy) is 1. The van der Waals surface area contributed by atoms with Gasteiger partial charge in [-0.15, -0.1) is 0 Å². The highest BCUT2D eigenvalue weighted by atomic mass is 16.5. The summed E-state index contributed by atoms with van der Waals surface area (Å²) in [7, 11) is 3.83. The van der Waals surface area contributed by atoms with Gasteiger partial charge in [-0.2, -0.15) is 0 Å². The van der Waals surface area contributed by atoms with E-state index < -0.39 is 0 Å². The van der Waals surface area contributed by atoms with E-state index in [0.29, 0.717) is 0 Å². The summed E-state index contributed by atoms with van der Waals surface area (Å²) in [6.45, 7) is 8.48. The van der Waals surface area contributed by atoms with Gasteiger partial charge in [-0.1, -0.05) is 19.1 Å². The van der Waals surface area contributed by atoms with Crippen molar-refractivity contribution in [1.29, 1.82) is 0 Å². The largest absolute Gasteiger partial charge is 0.376 e. The smallest absolute Gasteiger partial charge is 0.0869 e. The van der Waals surface area contributed by atoms with E-state index in [9.17, 15) is 0 Å². The van der Waals surface area contributed by atoms with Crippen LogP contribution in [0.15, 0.2) is 12.2 Å². The molecule has 1 unspecified atom stereocenters. The van der Waals surface area contributed by atoms with E-state index in [4.69, 9.17) is 4.74 Å². The van der Waals surface area contributed by atoms with Gasteiger partial charge < -0.3 is 10.1 Å². The molecule has 0 heterocycles. The van der Waals surface area contributed by atoms with Gasteiger partial charge in [0.25, 0.3) is 0 Å². The van der Waals surface area contributed by atoms with Crippen molar-refractivity contribution in [2.24, 2.45) is 5.92 Å². The molecule has 15 heavy (non-hydrogen) atoms. The molecule has 1 fully saturated rings. The Morgan fingerprint density at radius 2 is 2.00 bits per heavy atom. The van der Waals surface area contributed by atoms with Gasteiger partial charge in [-0.3, -0.25) is 0 Å². The third-order valence-corrected chi connectivity index (χ3v) is 3.83. The highest BCUT2D eigenvalue weighted by molar-refractivity contribution is 5.12. The Morgan fingerprint density at radius 3 is 2.33 bits per heavy atom. The van der Waals surface area contributed by atoms with Crippen LogP contribution in [-0.4, -0.2) is 25.8 Å². The molecule has 1 rings (SSSR count). The monoisotopic (exact) mass is 211 g/mol. The summed E-state index contributed by atoms with van der Waals surface area (Å²) >= 11 is 0. The lowest BCUT2D eigenvalue weighted by Gasteiger charge is -2.44. The molecule has 0 aromatic rings. The molecule has 88 valence electrons. The third-order valence-electron chi connectivity index (χ3n) is 3.83. The lowest BCUT2D eigenvalue weighted by atomic mass is 9.73. The Kier molecular flexibility index (Phi) is 4.35. The summed E-state index contributed by atoms with van der Waals surface area (Å²) in [4.78, 5) is 0. The summed E-state index contributed by atoms with van der Waals surface area (Å²) in [5.41, 5.74) is 1.15. The topological polar surface area (TPSA) is 21.3 Å². The molecule has 0 amide bonds. The quantitative estimate of drug-likeness (QED) is 0.722. The summed E-state index contributed by atoms with van der Waals surface area (Å²) < 4.78 is 5.82. The first kappa shape index (κ1) is 12.7. The molecule has 2 heteroatoms. The van der Waals surface area contributed by atoms with Crippen LogP contribution in [-0.2, 0) is 4.74 Å². The van der Waals surface area contributed by atoms with E-state index in [1.54, 1.807) is 0 Å². The Labute approximate surface area is 94.1 Å². The summed E-state index contributed by atoms with van der Waals surface area (Å²) in [5, 5.41) is 3.35. The maximum atomic E-state index is 5.82. The van der Waals surface area contributed by atoms with E-state index in [1.807, 2.05) is 14.2 Å². The van der Waals surface area contributed by atoms with Crippen molar-refractivity contribution in [1.82, 2.24) is 5.32 Å². The molecular weight excluding hydrogens is 186 g/mol. The van der Waals surface area contributed by atoms with Gasteiger partial charge >= 0.3 is 0 Å². The second kappa shape index (κ2) is 5.13. The predicted octanol–water partition coefficient (Wildman–Crippen LogP) is 2.75. The molecule has 1 aliphatic carbocycles. The number of likely N-dealkylation sites (N-methyl/N-ethyl adjacent to an activating group) is 1. The maximum absolute atomic E-state index is 5.82. The number of hydrogen-bond donors (Lipinski definition) is 1. The zero-order chi connectivity index (χ0) is 11.5. The molecule has 1 aliphatic rings. The molecule has 0 saturated heterocycles. The van der Waals surface area contributed by atoms with Crippen molar-refractivity contribution >= 4 is 0 Å². The Bertz CT molecular complexity index is 217. The standard InChI is InChI=1S/C13H25NO/c1-10(2)12(14-4)13(15-5)8-6-11(3)7-9-13/h11-12,14H,1,6-9H2,2-5H3. The number of nitrogens with one attached hydrogen (secondary N) is 1. The fourth-order valence-corrected chi connectivity index (χ4v) is 2.82. The van der Waals surface area contributed by atoms with Crippen molar-refractivity contribution in [3.05, 3.63) is 12.2 Å². The molecule has 0 bridgehead atoms. The van der Waals surface area contributed by atoms with E-state index in [-0.39, 0.29) is 11.6 Å². The van der Waals surface area contributed by atoms with Crippen LogP contribution < -0.4 is 5.32 Å². The van der Waals surface area contributed by atoms with Crippen molar-refractivity contribution in [3.8, 4) is 0 Å². The minimum Gasteiger partial charge on any atom is -0.376 e. The first-order chi connectivity index (χ1) is 7.05. The van der Waals surface area contributed by atoms with Crippen LogP contribution in [0.3, 0.4) is 0 Å². The van der Waals surface area contributed by atoms with Crippen molar-refractivity contribution in [3.63, 3.8) is 0 Å². The first-order valence-electron chi connectivity index (χ1n) is 5.93. The SMILES string of the molecule is C=C(C)C(NC)C1(OC)CCC(C)CC1. The summed E-state index contributed by atoms with van der Waals surface area (Å²) in [6, 6.07) is 0.287. The molecule has 0 aliphatic heterocycles. The average molecular weight is 211 g/mol. The maximum Gasteiger partial charge on any atom is 0.0869 e. The van der Waals surface area contributed by atoms with E-state index in [0.717, 1.165) is 18.8 Å². The summed E-state index contributed by atoms with van der Waals surface area (Å²) in [5.74, 6) is 0.843. The van der Waals surface area contributed by atoms with Crippen LogP contribution in [0.2, 0.25) is 0 Å². The van der Waals surface area contributed by atoms with Crippen LogP contribution >= 0.6 is 0 Å². The molecule has 0 aromatic carbocycles. The number of methoxy groups -OCH3 is 1. The van der Waals surface area contributed by atoms with Crippen molar-refractivity contribution in [2.75, 3.05) is 14.2 Å². The predicted molar refractivity (Wildman–Crippen MR) is 65.0 cm³/mol. The third kappa shape index (κ3) is 2.61. The van der Waals surface area contributed by atoms with Gasteiger partial charge in [0.1, 0.15) is 0 Å². The zero-order valence-electron chi connectivity index (χ0n) is 10.6. The zero-order valence-corrected chi connectivity index (χ0v) is 10.6. The molecule has 1 saturated carbocycles. The van der Waals surface area contributed by atoms with Gasteiger partial charge in [-0.05, 0) is 45.6 Å². The molecule has 1 atom stereocenters. The molecular formula is C13H25NO. The average Bonchev–Trinajstić information content (AvgIpc) is 2.22. The Balaban J connectivity index is 2.79. The van der Waals surface area contributed by atoms with Crippen LogP contribution in [0.4, 0.5) is 0 Å². The van der Waals surface area contributed by atoms with E-state index in [2.05, 4.69) is 25.7 Å². The molecule has 1 N–H and O–H groups in total. The molecule has 0 radical (unpaired) electrons. The first-order valence-corrected chi connectivity index (χ1v) is 5.93. The highest BCUT2D eigenvalue weighted by Crippen LogP contribution is 2.38. The van der Waals surface area contributed by atoms with Crippen LogP contribution in [0.1, 0.15) is 39.5 Å². The van der Waals surface area contributed by atoms with Gasteiger partial charge in [-0.25, -0.2) is 0 Å². The Morgan fingerprint density at radius 1 is 1.47 bits per heavy atom. The second-order valence-electron chi connectivity index (χ2n) is 5.02. The Hall–Kier alpha value is -0.340. The van der Waals surface area contributed by atoms with Gasteiger partial charge in [0.05, 0.1) is 11.6 Å². The van der Waals surface area contributed by atoms with Crippen LogP contribution in [0.5, 0.6) is 0 Å². The fourth-order valence-electron chi connectivity index (χ4n) is 2.82. The van der Waals surface area contributed by atoms with Crippen molar-refractivity contribution < 1.29 is 4.74 Å². The van der Waals surface area contributed by atoms with Gasteiger partial charge in [0.2, 0.25) is 0 Å². The lowest BCUT2D eigenvalue weighted by Crippen LogP contribution is -2.53. The van der Waals surface area contributed by atoms with Gasteiger partial charge in [0.15, 0.2) is 0 Å². The fraction of sp³-hybridized carbons (Fsp3) is 0.846. The normalized spacial score (nSPS) is 33.7. The molecule has 0 spiro atoms.